The molecule has 0 spiro atoms. The fourth-order valence-electron chi connectivity index (χ4n) is 1.60. The highest BCUT2D eigenvalue weighted by molar-refractivity contribution is 4.80. The van der Waals surface area contributed by atoms with Crippen molar-refractivity contribution in [1.82, 2.24) is 4.90 Å². The molecule has 1 aliphatic heterocycles. The van der Waals surface area contributed by atoms with E-state index in [0.717, 1.165) is 6.42 Å². The van der Waals surface area contributed by atoms with Crippen LogP contribution in [0, 0.1) is 5.92 Å². The molecule has 2 atom stereocenters. The van der Waals surface area contributed by atoms with Crippen molar-refractivity contribution in [3.05, 3.63) is 0 Å². The predicted molar refractivity (Wildman–Crippen MR) is 44.6 cm³/mol. The SMILES string of the molecule is NCC1CCN(CC(F)C(F)(F)F)C1. The Balaban J connectivity index is 2.32. The van der Waals surface area contributed by atoms with E-state index in [1.807, 2.05) is 0 Å². The first-order valence-electron chi connectivity index (χ1n) is 4.56. The Morgan fingerprint density at radius 1 is 1.43 bits per heavy atom. The Bertz CT molecular complexity index is 183. The minimum atomic E-state index is -4.74. The molecule has 1 aliphatic rings. The van der Waals surface area contributed by atoms with Gasteiger partial charge in [0.15, 0.2) is 0 Å². The van der Waals surface area contributed by atoms with Crippen LogP contribution in [0.1, 0.15) is 6.42 Å². The van der Waals surface area contributed by atoms with Gasteiger partial charge in [-0.05, 0) is 25.4 Å². The Morgan fingerprint density at radius 2 is 2.07 bits per heavy atom. The average Bonchev–Trinajstić information content (AvgIpc) is 2.50. The molecule has 0 saturated carbocycles. The van der Waals surface area contributed by atoms with Crippen LogP contribution in [0.4, 0.5) is 17.6 Å². The normalized spacial score (nSPS) is 26.8. The van der Waals surface area contributed by atoms with Crippen LogP contribution in [0.3, 0.4) is 0 Å². The molecular formula is C8H14F4N2. The third kappa shape index (κ3) is 3.09. The van der Waals surface area contributed by atoms with E-state index in [-0.39, 0.29) is 5.92 Å². The molecule has 0 amide bonds. The van der Waals surface area contributed by atoms with Crippen LogP contribution in [-0.2, 0) is 0 Å². The molecule has 2 nitrogen and oxygen atoms in total. The highest BCUT2D eigenvalue weighted by Gasteiger charge is 2.41. The standard InChI is InChI=1S/C8H14F4N2/c9-7(8(10,11)12)5-14-2-1-6(3-13)4-14/h6-7H,1-5,13H2. The quantitative estimate of drug-likeness (QED) is 0.714. The van der Waals surface area contributed by atoms with Gasteiger partial charge in [0.2, 0.25) is 6.17 Å². The number of hydrogen-bond acceptors (Lipinski definition) is 2. The molecule has 0 aromatic carbocycles. The van der Waals surface area contributed by atoms with Gasteiger partial charge in [-0.3, -0.25) is 4.90 Å². The number of alkyl halides is 4. The molecule has 14 heavy (non-hydrogen) atoms. The van der Waals surface area contributed by atoms with Gasteiger partial charge in [-0.25, -0.2) is 4.39 Å². The Morgan fingerprint density at radius 3 is 2.50 bits per heavy atom. The number of likely N-dealkylation sites (tertiary alicyclic amines) is 1. The topological polar surface area (TPSA) is 29.3 Å². The van der Waals surface area contributed by atoms with Crippen molar-refractivity contribution in [3.63, 3.8) is 0 Å². The van der Waals surface area contributed by atoms with Gasteiger partial charge in [-0.15, -0.1) is 0 Å². The third-order valence-corrected chi connectivity index (χ3v) is 2.48. The third-order valence-electron chi connectivity index (χ3n) is 2.48. The Labute approximate surface area is 80.0 Å². The highest BCUT2D eigenvalue weighted by Crippen LogP contribution is 2.25. The van der Waals surface area contributed by atoms with Crippen LogP contribution in [0.15, 0.2) is 0 Å². The molecule has 1 saturated heterocycles. The predicted octanol–water partition coefficient (Wildman–Crippen LogP) is 1.17. The van der Waals surface area contributed by atoms with E-state index in [9.17, 15) is 17.6 Å². The van der Waals surface area contributed by atoms with E-state index in [2.05, 4.69) is 0 Å². The van der Waals surface area contributed by atoms with Crippen molar-refractivity contribution < 1.29 is 17.6 Å². The average molecular weight is 214 g/mol. The second-order valence-corrected chi connectivity index (χ2v) is 3.66. The van der Waals surface area contributed by atoms with E-state index < -0.39 is 18.9 Å². The number of halogens is 4. The summed E-state index contributed by atoms with van der Waals surface area (Å²) in [5.74, 6) is 0.218. The van der Waals surface area contributed by atoms with Crippen molar-refractivity contribution in [1.29, 1.82) is 0 Å². The van der Waals surface area contributed by atoms with E-state index in [4.69, 9.17) is 5.73 Å². The fourth-order valence-corrected chi connectivity index (χ4v) is 1.60. The summed E-state index contributed by atoms with van der Waals surface area (Å²) in [5.41, 5.74) is 5.37. The van der Waals surface area contributed by atoms with E-state index in [0.29, 0.717) is 19.6 Å². The molecule has 2 N–H and O–H groups in total. The van der Waals surface area contributed by atoms with Crippen LogP contribution in [0.5, 0.6) is 0 Å². The molecule has 1 heterocycles. The second-order valence-electron chi connectivity index (χ2n) is 3.66. The van der Waals surface area contributed by atoms with Crippen molar-refractivity contribution in [2.45, 2.75) is 18.8 Å². The summed E-state index contributed by atoms with van der Waals surface area (Å²) in [6, 6.07) is 0. The highest BCUT2D eigenvalue weighted by atomic mass is 19.4. The number of nitrogens with zero attached hydrogens (tertiary/aromatic N) is 1. The minimum Gasteiger partial charge on any atom is -0.330 e. The van der Waals surface area contributed by atoms with Crippen LogP contribution in [-0.4, -0.2) is 43.4 Å². The first-order chi connectivity index (χ1) is 6.43. The molecule has 1 rings (SSSR count). The van der Waals surface area contributed by atoms with Crippen molar-refractivity contribution >= 4 is 0 Å². The number of nitrogens with two attached hydrogens (primary N) is 1. The lowest BCUT2D eigenvalue weighted by molar-refractivity contribution is -0.184. The Kier molecular flexibility index (Phi) is 3.71. The minimum absolute atomic E-state index is 0.218. The van der Waals surface area contributed by atoms with Gasteiger partial charge in [0.1, 0.15) is 0 Å². The van der Waals surface area contributed by atoms with Crippen molar-refractivity contribution in [3.8, 4) is 0 Å². The van der Waals surface area contributed by atoms with Gasteiger partial charge in [0.05, 0.1) is 0 Å². The molecule has 84 valence electrons. The summed E-state index contributed by atoms with van der Waals surface area (Å²) in [4.78, 5) is 1.48. The molecule has 0 bridgehead atoms. The molecule has 0 radical (unpaired) electrons. The molecule has 0 aromatic rings. The first-order valence-corrected chi connectivity index (χ1v) is 4.56. The number of rotatable bonds is 3. The molecule has 0 aliphatic carbocycles. The fraction of sp³-hybridized carbons (Fsp3) is 1.00. The number of hydrogen-bond donors (Lipinski definition) is 1. The van der Waals surface area contributed by atoms with Crippen LogP contribution < -0.4 is 5.73 Å². The molecule has 6 heteroatoms. The van der Waals surface area contributed by atoms with E-state index in [1.165, 1.54) is 4.90 Å². The summed E-state index contributed by atoms with van der Waals surface area (Å²) in [6.07, 6.45) is -6.71. The zero-order valence-electron chi connectivity index (χ0n) is 7.73. The van der Waals surface area contributed by atoms with Gasteiger partial charge in [-0.1, -0.05) is 0 Å². The lowest BCUT2D eigenvalue weighted by atomic mass is 10.1. The second kappa shape index (κ2) is 4.44. The molecule has 0 aromatic heterocycles. The van der Waals surface area contributed by atoms with Crippen LogP contribution in [0.2, 0.25) is 0 Å². The maximum Gasteiger partial charge on any atom is 0.420 e. The lowest BCUT2D eigenvalue weighted by Gasteiger charge is -2.20. The summed E-state index contributed by atoms with van der Waals surface area (Å²) < 4.78 is 48.2. The van der Waals surface area contributed by atoms with E-state index >= 15 is 0 Å². The Hall–Kier alpha value is -0.360. The summed E-state index contributed by atoms with van der Waals surface area (Å²) in [7, 11) is 0. The van der Waals surface area contributed by atoms with Gasteiger partial charge >= 0.3 is 6.18 Å². The summed E-state index contributed by atoms with van der Waals surface area (Å²) >= 11 is 0. The molecule has 1 fully saturated rings. The molecule has 2 unspecified atom stereocenters. The van der Waals surface area contributed by atoms with E-state index in [1.54, 1.807) is 0 Å². The molecular weight excluding hydrogens is 200 g/mol. The zero-order valence-corrected chi connectivity index (χ0v) is 7.73. The van der Waals surface area contributed by atoms with Gasteiger partial charge in [0.25, 0.3) is 0 Å². The van der Waals surface area contributed by atoms with Crippen molar-refractivity contribution in [2.75, 3.05) is 26.2 Å². The van der Waals surface area contributed by atoms with Gasteiger partial charge < -0.3 is 5.73 Å². The maximum atomic E-state index is 12.6. The zero-order chi connectivity index (χ0) is 10.8. The smallest absolute Gasteiger partial charge is 0.330 e. The summed E-state index contributed by atoms with van der Waals surface area (Å²) in [5, 5.41) is 0. The maximum absolute atomic E-state index is 12.6. The first kappa shape index (κ1) is 11.7. The van der Waals surface area contributed by atoms with Gasteiger partial charge in [-0.2, -0.15) is 13.2 Å². The monoisotopic (exact) mass is 214 g/mol. The lowest BCUT2D eigenvalue weighted by Crippen LogP contribution is -2.37. The van der Waals surface area contributed by atoms with Gasteiger partial charge in [0, 0.05) is 13.1 Å². The van der Waals surface area contributed by atoms with Crippen LogP contribution >= 0.6 is 0 Å². The summed E-state index contributed by atoms with van der Waals surface area (Å²) in [6.45, 7) is 0.894. The largest absolute Gasteiger partial charge is 0.420 e. The van der Waals surface area contributed by atoms with Crippen molar-refractivity contribution in [2.24, 2.45) is 11.7 Å². The van der Waals surface area contributed by atoms with Crippen LogP contribution in [0.25, 0.3) is 0 Å².